The zero-order valence-electron chi connectivity index (χ0n) is 11.8. The van der Waals surface area contributed by atoms with E-state index in [1.54, 1.807) is 15.8 Å². The summed E-state index contributed by atoms with van der Waals surface area (Å²) >= 11 is 0. The van der Waals surface area contributed by atoms with Gasteiger partial charge >= 0.3 is 0 Å². The topological polar surface area (TPSA) is 47.4 Å². The summed E-state index contributed by atoms with van der Waals surface area (Å²) in [5.41, 5.74) is 1.01. The summed E-state index contributed by atoms with van der Waals surface area (Å²) in [4.78, 5) is 13.8. The molecule has 1 aromatic rings. The van der Waals surface area contributed by atoms with E-state index in [2.05, 4.69) is 5.10 Å². The van der Waals surface area contributed by atoms with Gasteiger partial charge in [-0.05, 0) is 38.7 Å². The molecule has 1 amide bonds. The van der Waals surface area contributed by atoms with Gasteiger partial charge in [-0.3, -0.25) is 9.48 Å². The summed E-state index contributed by atoms with van der Waals surface area (Å²) in [6, 6.07) is 1.91. The minimum Gasteiger partial charge on any atom is -0.378 e. The van der Waals surface area contributed by atoms with Crippen molar-refractivity contribution in [2.75, 3.05) is 20.2 Å². The number of aryl methyl sites for hydroxylation is 1. The van der Waals surface area contributed by atoms with Gasteiger partial charge in [-0.25, -0.2) is 0 Å². The Hall–Kier alpha value is -1.36. The van der Waals surface area contributed by atoms with Crippen molar-refractivity contribution in [3.63, 3.8) is 0 Å². The first-order valence-electron chi connectivity index (χ1n) is 7.01. The van der Waals surface area contributed by atoms with Crippen LogP contribution in [0.1, 0.15) is 31.4 Å². The fourth-order valence-corrected chi connectivity index (χ4v) is 2.31. The van der Waals surface area contributed by atoms with Gasteiger partial charge in [0.1, 0.15) is 6.54 Å². The highest BCUT2D eigenvalue weighted by molar-refractivity contribution is 5.75. The Balaban J connectivity index is 1.74. The molecular formula is C14H23N3O2. The van der Waals surface area contributed by atoms with E-state index in [1.165, 1.54) is 12.8 Å². The summed E-state index contributed by atoms with van der Waals surface area (Å²) < 4.78 is 7.41. The fourth-order valence-electron chi connectivity index (χ4n) is 2.31. The molecule has 1 unspecified atom stereocenters. The van der Waals surface area contributed by atoms with Crippen molar-refractivity contribution >= 4 is 5.91 Å². The van der Waals surface area contributed by atoms with Crippen LogP contribution in [0.5, 0.6) is 0 Å². The lowest BCUT2D eigenvalue weighted by Crippen LogP contribution is -2.34. The molecule has 1 saturated heterocycles. The lowest BCUT2D eigenvalue weighted by molar-refractivity contribution is -0.131. The first kappa shape index (κ1) is 14.1. The van der Waals surface area contributed by atoms with Crippen LogP contribution in [0.3, 0.4) is 0 Å². The molecule has 0 aliphatic carbocycles. The lowest BCUT2D eigenvalue weighted by atomic mass is 10.1. The minimum atomic E-state index is 0.0996. The Labute approximate surface area is 114 Å². The highest BCUT2D eigenvalue weighted by Crippen LogP contribution is 2.15. The van der Waals surface area contributed by atoms with E-state index in [1.807, 2.05) is 20.0 Å². The maximum Gasteiger partial charge on any atom is 0.244 e. The number of aromatic nitrogens is 2. The van der Waals surface area contributed by atoms with Crippen molar-refractivity contribution in [3.8, 4) is 0 Å². The van der Waals surface area contributed by atoms with Gasteiger partial charge in [-0.15, -0.1) is 0 Å². The van der Waals surface area contributed by atoms with Gasteiger partial charge in [0.2, 0.25) is 5.91 Å². The number of carbonyl (C=O) groups is 1. The lowest BCUT2D eigenvalue weighted by Gasteiger charge is -2.25. The van der Waals surface area contributed by atoms with Gasteiger partial charge < -0.3 is 9.64 Å². The average molecular weight is 265 g/mol. The zero-order valence-corrected chi connectivity index (χ0v) is 11.8. The minimum absolute atomic E-state index is 0.0996. The van der Waals surface area contributed by atoms with E-state index in [4.69, 9.17) is 4.74 Å². The largest absolute Gasteiger partial charge is 0.378 e. The molecule has 1 fully saturated rings. The van der Waals surface area contributed by atoms with Crippen LogP contribution in [-0.4, -0.2) is 46.9 Å². The van der Waals surface area contributed by atoms with E-state index in [-0.39, 0.29) is 5.91 Å². The SMILES string of the molecule is Cc1ccnn1CC(=O)N(C)CCC1CCCCO1. The van der Waals surface area contributed by atoms with Crippen LogP contribution in [0.25, 0.3) is 0 Å². The molecule has 1 aliphatic heterocycles. The monoisotopic (exact) mass is 265 g/mol. The molecule has 0 saturated carbocycles. The molecule has 0 radical (unpaired) electrons. The van der Waals surface area contributed by atoms with Crippen LogP contribution in [0.15, 0.2) is 12.3 Å². The molecule has 0 bridgehead atoms. The number of rotatable bonds is 5. The van der Waals surface area contributed by atoms with Gasteiger partial charge in [0.25, 0.3) is 0 Å². The number of hydrogen-bond acceptors (Lipinski definition) is 3. The van der Waals surface area contributed by atoms with Crippen LogP contribution in [0.2, 0.25) is 0 Å². The van der Waals surface area contributed by atoms with E-state index in [0.29, 0.717) is 12.6 Å². The molecule has 2 heterocycles. The third-order valence-corrected chi connectivity index (χ3v) is 3.70. The molecule has 19 heavy (non-hydrogen) atoms. The van der Waals surface area contributed by atoms with Crippen LogP contribution in [0, 0.1) is 6.92 Å². The van der Waals surface area contributed by atoms with Crippen molar-refractivity contribution in [3.05, 3.63) is 18.0 Å². The van der Waals surface area contributed by atoms with Crippen molar-refractivity contribution in [2.45, 2.75) is 45.3 Å². The molecule has 5 nitrogen and oxygen atoms in total. The second-order valence-electron chi connectivity index (χ2n) is 5.22. The molecule has 106 valence electrons. The summed E-state index contributed by atoms with van der Waals surface area (Å²) in [6.45, 7) is 3.90. The van der Waals surface area contributed by atoms with Gasteiger partial charge in [-0.2, -0.15) is 5.10 Å². The maximum absolute atomic E-state index is 12.1. The first-order valence-corrected chi connectivity index (χ1v) is 7.01. The number of nitrogens with zero attached hydrogens (tertiary/aromatic N) is 3. The van der Waals surface area contributed by atoms with E-state index >= 15 is 0 Å². The summed E-state index contributed by atoms with van der Waals surface area (Å²) in [5.74, 6) is 0.0996. The molecule has 0 aromatic carbocycles. The van der Waals surface area contributed by atoms with Crippen molar-refractivity contribution < 1.29 is 9.53 Å². The average Bonchev–Trinajstić information content (AvgIpc) is 2.82. The second-order valence-corrected chi connectivity index (χ2v) is 5.22. The summed E-state index contributed by atoms with van der Waals surface area (Å²) in [6.07, 6.45) is 6.52. The highest BCUT2D eigenvalue weighted by Gasteiger charge is 2.16. The predicted octanol–water partition coefficient (Wildman–Crippen LogP) is 1.61. The smallest absolute Gasteiger partial charge is 0.244 e. The predicted molar refractivity (Wildman–Crippen MR) is 72.8 cm³/mol. The van der Waals surface area contributed by atoms with Gasteiger partial charge in [-0.1, -0.05) is 0 Å². The molecule has 0 N–H and O–H groups in total. The molecule has 0 spiro atoms. The Morgan fingerprint density at radius 3 is 3.05 bits per heavy atom. The Bertz CT molecular complexity index is 411. The molecule has 1 aromatic heterocycles. The second kappa shape index (κ2) is 6.70. The Kier molecular flexibility index (Phi) is 4.96. The van der Waals surface area contributed by atoms with Crippen LogP contribution < -0.4 is 0 Å². The summed E-state index contributed by atoms with van der Waals surface area (Å²) in [5, 5.41) is 4.13. The normalized spacial score (nSPS) is 19.4. The molecule has 2 rings (SSSR count). The number of likely N-dealkylation sites (N-methyl/N-ethyl adjacent to an activating group) is 1. The van der Waals surface area contributed by atoms with Gasteiger partial charge in [0.15, 0.2) is 0 Å². The molecular weight excluding hydrogens is 242 g/mol. The fraction of sp³-hybridized carbons (Fsp3) is 0.714. The quantitative estimate of drug-likeness (QED) is 0.812. The number of carbonyl (C=O) groups excluding carboxylic acids is 1. The maximum atomic E-state index is 12.1. The standard InChI is InChI=1S/C14H23N3O2/c1-12-6-8-15-17(12)11-14(18)16(2)9-7-13-5-3-4-10-19-13/h6,8,13H,3-5,7,9-11H2,1-2H3. The number of hydrogen-bond donors (Lipinski definition) is 0. The Morgan fingerprint density at radius 1 is 1.58 bits per heavy atom. The van der Waals surface area contributed by atoms with Gasteiger partial charge in [0, 0.05) is 32.1 Å². The van der Waals surface area contributed by atoms with Gasteiger partial charge in [0.05, 0.1) is 6.10 Å². The number of amides is 1. The first-order chi connectivity index (χ1) is 9.16. The molecule has 1 aliphatic rings. The van der Waals surface area contributed by atoms with Crippen molar-refractivity contribution in [1.29, 1.82) is 0 Å². The molecule has 5 heteroatoms. The number of ether oxygens (including phenoxy) is 1. The van der Waals surface area contributed by atoms with Crippen LogP contribution >= 0.6 is 0 Å². The van der Waals surface area contributed by atoms with E-state index in [9.17, 15) is 4.79 Å². The van der Waals surface area contributed by atoms with Crippen molar-refractivity contribution in [2.24, 2.45) is 0 Å². The third-order valence-electron chi connectivity index (χ3n) is 3.70. The Morgan fingerprint density at radius 2 is 2.42 bits per heavy atom. The van der Waals surface area contributed by atoms with Crippen LogP contribution in [0.4, 0.5) is 0 Å². The molecule has 1 atom stereocenters. The van der Waals surface area contributed by atoms with Crippen molar-refractivity contribution in [1.82, 2.24) is 14.7 Å². The van der Waals surface area contributed by atoms with E-state index < -0.39 is 0 Å². The highest BCUT2D eigenvalue weighted by atomic mass is 16.5. The third kappa shape index (κ3) is 4.06. The van der Waals surface area contributed by atoms with E-state index in [0.717, 1.165) is 31.7 Å². The summed E-state index contributed by atoms with van der Waals surface area (Å²) in [7, 11) is 1.85. The van der Waals surface area contributed by atoms with Crippen LogP contribution in [-0.2, 0) is 16.1 Å². The zero-order chi connectivity index (χ0) is 13.7.